The number of rotatable bonds is 3. The van der Waals surface area contributed by atoms with Crippen molar-refractivity contribution in [3.8, 4) is 0 Å². The van der Waals surface area contributed by atoms with E-state index < -0.39 is 0 Å². The van der Waals surface area contributed by atoms with E-state index in [2.05, 4.69) is 25.9 Å². The molecule has 0 aromatic carbocycles. The minimum Gasteiger partial charge on any atom is -0.271 e. The van der Waals surface area contributed by atoms with Crippen molar-refractivity contribution in [1.82, 2.24) is 5.43 Å². The van der Waals surface area contributed by atoms with Gasteiger partial charge in [0.2, 0.25) is 0 Å². The van der Waals surface area contributed by atoms with Gasteiger partial charge in [0, 0.05) is 6.04 Å². The van der Waals surface area contributed by atoms with Gasteiger partial charge in [-0.2, -0.15) is 0 Å². The van der Waals surface area contributed by atoms with Crippen molar-refractivity contribution in [2.75, 3.05) is 0 Å². The van der Waals surface area contributed by atoms with Gasteiger partial charge in [-0.1, -0.05) is 31.9 Å². The molecule has 3 N–H and O–H groups in total. The van der Waals surface area contributed by atoms with Gasteiger partial charge in [-0.15, -0.1) is 0 Å². The minimum absolute atomic E-state index is 0.326. The maximum atomic E-state index is 5.53. The van der Waals surface area contributed by atoms with Gasteiger partial charge < -0.3 is 0 Å². The van der Waals surface area contributed by atoms with Gasteiger partial charge in [0.1, 0.15) is 0 Å². The Bertz CT molecular complexity index is 169. The van der Waals surface area contributed by atoms with Crippen molar-refractivity contribution in [2.45, 2.75) is 45.6 Å². The van der Waals surface area contributed by atoms with Gasteiger partial charge >= 0.3 is 0 Å². The van der Waals surface area contributed by atoms with Crippen LogP contribution in [0.5, 0.6) is 0 Å². The van der Waals surface area contributed by atoms with E-state index in [1.54, 1.807) is 0 Å². The molecule has 0 aliphatic heterocycles. The zero-order valence-corrected chi connectivity index (χ0v) is 8.84. The lowest BCUT2D eigenvalue weighted by atomic mass is 9.78. The van der Waals surface area contributed by atoms with Gasteiger partial charge in [0.25, 0.3) is 0 Å². The molecule has 1 aliphatic rings. The van der Waals surface area contributed by atoms with Gasteiger partial charge in [-0.3, -0.25) is 11.3 Å². The molecule has 1 unspecified atom stereocenters. The molecule has 0 bridgehead atoms. The normalized spacial score (nSPS) is 31.3. The lowest BCUT2D eigenvalue weighted by Crippen LogP contribution is -2.42. The van der Waals surface area contributed by atoms with E-state index in [9.17, 15) is 0 Å². The fourth-order valence-electron chi connectivity index (χ4n) is 2.30. The van der Waals surface area contributed by atoms with Crippen molar-refractivity contribution in [1.29, 1.82) is 0 Å². The molecule has 0 aromatic heterocycles. The Morgan fingerprint density at radius 3 is 2.31 bits per heavy atom. The summed E-state index contributed by atoms with van der Waals surface area (Å²) in [5.74, 6) is 7.14. The summed E-state index contributed by atoms with van der Waals surface area (Å²) >= 11 is 0. The fraction of sp³-hybridized carbons (Fsp3) is 0.818. The quantitative estimate of drug-likeness (QED) is 0.399. The molecular formula is C11H22N2. The molecule has 0 aromatic rings. The zero-order valence-electron chi connectivity index (χ0n) is 8.84. The highest BCUT2D eigenvalue weighted by atomic mass is 15.2. The average molecular weight is 182 g/mol. The predicted molar refractivity (Wildman–Crippen MR) is 57.0 cm³/mol. The van der Waals surface area contributed by atoms with Gasteiger partial charge in [0.15, 0.2) is 0 Å². The Labute approximate surface area is 81.6 Å². The summed E-state index contributed by atoms with van der Waals surface area (Å²) in [6.07, 6.45) is 5.28. The van der Waals surface area contributed by atoms with Crippen LogP contribution in [-0.4, -0.2) is 6.04 Å². The molecule has 76 valence electrons. The summed E-state index contributed by atoms with van der Waals surface area (Å²) in [5, 5.41) is 0. The molecule has 1 fully saturated rings. The largest absolute Gasteiger partial charge is 0.271 e. The monoisotopic (exact) mass is 182 g/mol. The van der Waals surface area contributed by atoms with E-state index in [1.165, 1.54) is 31.3 Å². The van der Waals surface area contributed by atoms with Crippen LogP contribution in [0.1, 0.15) is 39.5 Å². The molecule has 1 saturated carbocycles. The maximum absolute atomic E-state index is 5.53. The van der Waals surface area contributed by atoms with E-state index >= 15 is 0 Å². The highest BCUT2D eigenvalue weighted by molar-refractivity contribution is 5.04. The smallest absolute Gasteiger partial charge is 0.0442 e. The summed E-state index contributed by atoms with van der Waals surface area (Å²) in [6, 6.07) is 0.326. The van der Waals surface area contributed by atoms with Crippen molar-refractivity contribution >= 4 is 0 Å². The number of hydrogen-bond donors (Lipinski definition) is 2. The highest BCUT2D eigenvalue weighted by Crippen LogP contribution is 2.31. The lowest BCUT2D eigenvalue weighted by Gasteiger charge is -2.32. The van der Waals surface area contributed by atoms with E-state index in [1.807, 2.05) is 0 Å². The Morgan fingerprint density at radius 2 is 1.92 bits per heavy atom. The van der Waals surface area contributed by atoms with Crippen LogP contribution in [0, 0.1) is 11.8 Å². The molecule has 1 atom stereocenters. The number of hydrazine groups is 1. The molecule has 13 heavy (non-hydrogen) atoms. The first-order valence-corrected chi connectivity index (χ1v) is 5.26. The predicted octanol–water partition coefficient (Wildman–Crippen LogP) is 2.22. The third-order valence-electron chi connectivity index (χ3n) is 3.24. The van der Waals surface area contributed by atoms with Crippen molar-refractivity contribution in [3.05, 3.63) is 12.2 Å². The average Bonchev–Trinajstić information content (AvgIpc) is 2.09. The first-order valence-electron chi connectivity index (χ1n) is 5.26. The molecule has 2 nitrogen and oxygen atoms in total. The first kappa shape index (κ1) is 10.7. The van der Waals surface area contributed by atoms with Crippen LogP contribution in [0.15, 0.2) is 12.2 Å². The van der Waals surface area contributed by atoms with Crippen LogP contribution in [0.25, 0.3) is 0 Å². The SMILES string of the molecule is C=C(C)C(NN)C1CCC(C)CC1. The molecule has 1 rings (SSSR count). The Hall–Kier alpha value is -0.340. The van der Waals surface area contributed by atoms with Crippen LogP contribution < -0.4 is 11.3 Å². The number of hydrogen-bond acceptors (Lipinski definition) is 2. The van der Waals surface area contributed by atoms with Crippen LogP contribution >= 0.6 is 0 Å². The van der Waals surface area contributed by atoms with E-state index in [0.717, 1.165) is 5.92 Å². The second kappa shape index (κ2) is 4.77. The molecule has 0 amide bonds. The first-order chi connectivity index (χ1) is 6.15. The van der Waals surface area contributed by atoms with Crippen molar-refractivity contribution in [3.63, 3.8) is 0 Å². The maximum Gasteiger partial charge on any atom is 0.0442 e. The molecule has 0 radical (unpaired) electrons. The molecule has 0 saturated heterocycles. The van der Waals surface area contributed by atoms with Crippen molar-refractivity contribution < 1.29 is 0 Å². The zero-order chi connectivity index (χ0) is 9.84. The minimum atomic E-state index is 0.326. The van der Waals surface area contributed by atoms with Gasteiger partial charge in [0.05, 0.1) is 0 Å². The highest BCUT2D eigenvalue weighted by Gasteiger charge is 2.25. The van der Waals surface area contributed by atoms with Crippen LogP contribution in [-0.2, 0) is 0 Å². The number of nitrogens with two attached hydrogens (primary N) is 1. The summed E-state index contributed by atoms with van der Waals surface area (Å²) in [6.45, 7) is 8.37. The summed E-state index contributed by atoms with van der Waals surface area (Å²) in [7, 11) is 0. The summed E-state index contributed by atoms with van der Waals surface area (Å²) < 4.78 is 0. The molecule has 0 spiro atoms. The van der Waals surface area contributed by atoms with E-state index in [-0.39, 0.29) is 0 Å². The van der Waals surface area contributed by atoms with Crippen LogP contribution in [0.4, 0.5) is 0 Å². The third kappa shape index (κ3) is 2.82. The molecule has 0 heterocycles. The lowest BCUT2D eigenvalue weighted by molar-refractivity contribution is 0.248. The third-order valence-corrected chi connectivity index (χ3v) is 3.24. The summed E-state index contributed by atoms with van der Waals surface area (Å²) in [4.78, 5) is 0. The second-order valence-electron chi connectivity index (χ2n) is 4.51. The summed E-state index contributed by atoms with van der Waals surface area (Å²) in [5.41, 5.74) is 4.06. The molecular weight excluding hydrogens is 160 g/mol. The van der Waals surface area contributed by atoms with E-state index in [0.29, 0.717) is 12.0 Å². The Morgan fingerprint density at radius 1 is 1.38 bits per heavy atom. The Balaban J connectivity index is 2.46. The van der Waals surface area contributed by atoms with Crippen LogP contribution in [0.2, 0.25) is 0 Å². The second-order valence-corrected chi connectivity index (χ2v) is 4.51. The van der Waals surface area contributed by atoms with Gasteiger partial charge in [-0.25, -0.2) is 0 Å². The molecule has 2 heteroatoms. The topological polar surface area (TPSA) is 38.0 Å². The van der Waals surface area contributed by atoms with E-state index in [4.69, 9.17) is 5.84 Å². The van der Waals surface area contributed by atoms with Crippen molar-refractivity contribution in [2.24, 2.45) is 17.7 Å². The molecule has 1 aliphatic carbocycles. The van der Waals surface area contributed by atoms with Gasteiger partial charge in [-0.05, 0) is 31.6 Å². The number of nitrogens with one attached hydrogen (secondary N) is 1. The fourth-order valence-corrected chi connectivity index (χ4v) is 2.30. The Kier molecular flexibility index (Phi) is 3.94. The van der Waals surface area contributed by atoms with Crippen LogP contribution in [0.3, 0.4) is 0 Å². The standard InChI is InChI=1S/C11H22N2/c1-8(2)11(13-12)10-6-4-9(3)5-7-10/h9-11,13H,1,4-7,12H2,2-3H3.